The molecular formula is C12H9Cl2IN4O. The van der Waals surface area contributed by atoms with E-state index in [9.17, 15) is 4.79 Å². The molecule has 5 nitrogen and oxygen atoms in total. The first-order valence-corrected chi connectivity index (χ1v) is 7.23. The molecule has 8 heteroatoms. The van der Waals surface area contributed by atoms with Gasteiger partial charge in [-0.1, -0.05) is 23.2 Å². The van der Waals surface area contributed by atoms with Crippen LogP contribution < -0.4 is 16.6 Å². The number of nitrogens with one attached hydrogen (secondary N) is 2. The molecule has 1 aromatic heterocycles. The van der Waals surface area contributed by atoms with Crippen LogP contribution in [-0.4, -0.2) is 10.9 Å². The first-order valence-electron chi connectivity index (χ1n) is 5.40. The fraction of sp³-hybridized carbons (Fsp3) is 0. The van der Waals surface area contributed by atoms with Crippen LogP contribution in [0.5, 0.6) is 0 Å². The maximum atomic E-state index is 12.1. The normalized spacial score (nSPS) is 10.2. The van der Waals surface area contributed by atoms with Crippen molar-refractivity contribution in [3.8, 4) is 0 Å². The Morgan fingerprint density at radius 3 is 2.60 bits per heavy atom. The molecular weight excluding hydrogens is 414 g/mol. The van der Waals surface area contributed by atoms with Gasteiger partial charge in [-0.3, -0.25) is 4.79 Å². The van der Waals surface area contributed by atoms with Crippen molar-refractivity contribution in [1.82, 2.24) is 4.98 Å². The van der Waals surface area contributed by atoms with Crippen LogP contribution in [0.1, 0.15) is 10.4 Å². The summed E-state index contributed by atoms with van der Waals surface area (Å²) in [6.45, 7) is 0. The zero-order chi connectivity index (χ0) is 14.7. The van der Waals surface area contributed by atoms with E-state index in [1.54, 1.807) is 12.1 Å². The number of nitrogens with two attached hydrogens (primary N) is 1. The van der Waals surface area contributed by atoms with Crippen LogP contribution >= 0.6 is 45.8 Å². The van der Waals surface area contributed by atoms with Gasteiger partial charge in [0.1, 0.15) is 0 Å². The topological polar surface area (TPSA) is 80.0 Å². The molecule has 0 aliphatic heterocycles. The maximum absolute atomic E-state index is 12.1. The number of hydrazine groups is 1. The van der Waals surface area contributed by atoms with Crippen LogP contribution in [0.25, 0.3) is 0 Å². The molecule has 20 heavy (non-hydrogen) atoms. The third-order valence-electron chi connectivity index (χ3n) is 2.42. The lowest BCUT2D eigenvalue weighted by molar-refractivity contribution is 0.102. The number of rotatable bonds is 3. The van der Waals surface area contributed by atoms with Crippen molar-refractivity contribution in [1.29, 1.82) is 0 Å². The SMILES string of the molecule is NNc1ncc(C(=O)Nc2ccc(I)cc2Cl)cc1Cl. The number of nitrogen functional groups attached to an aromatic ring is 1. The number of hydrogen-bond donors (Lipinski definition) is 3. The highest BCUT2D eigenvalue weighted by atomic mass is 127. The summed E-state index contributed by atoms with van der Waals surface area (Å²) in [6.07, 6.45) is 1.37. The molecule has 0 saturated carbocycles. The monoisotopic (exact) mass is 422 g/mol. The second kappa shape index (κ2) is 6.57. The third-order valence-corrected chi connectivity index (χ3v) is 3.69. The van der Waals surface area contributed by atoms with E-state index in [1.165, 1.54) is 12.3 Å². The van der Waals surface area contributed by atoms with Crippen molar-refractivity contribution in [2.45, 2.75) is 0 Å². The Morgan fingerprint density at radius 2 is 2.00 bits per heavy atom. The molecule has 0 unspecified atom stereocenters. The van der Waals surface area contributed by atoms with Crippen LogP contribution in [0.4, 0.5) is 11.5 Å². The molecule has 0 atom stereocenters. The van der Waals surface area contributed by atoms with Gasteiger partial charge in [0.25, 0.3) is 5.91 Å². The van der Waals surface area contributed by atoms with Gasteiger partial charge >= 0.3 is 0 Å². The second-order valence-electron chi connectivity index (χ2n) is 3.78. The van der Waals surface area contributed by atoms with Gasteiger partial charge in [-0.15, -0.1) is 0 Å². The van der Waals surface area contributed by atoms with Gasteiger partial charge in [-0.25, -0.2) is 10.8 Å². The van der Waals surface area contributed by atoms with Crippen LogP contribution in [0.2, 0.25) is 10.0 Å². The Balaban J connectivity index is 2.21. The van der Waals surface area contributed by atoms with E-state index in [4.69, 9.17) is 29.0 Å². The molecule has 2 rings (SSSR count). The van der Waals surface area contributed by atoms with E-state index >= 15 is 0 Å². The average Bonchev–Trinajstić information content (AvgIpc) is 2.41. The zero-order valence-electron chi connectivity index (χ0n) is 9.95. The summed E-state index contributed by atoms with van der Waals surface area (Å²) in [7, 11) is 0. The van der Waals surface area contributed by atoms with E-state index in [2.05, 4.69) is 38.3 Å². The average molecular weight is 423 g/mol. The minimum Gasteiger partial charge on any atom is -0.321 e. The lowest BCUT2D eigenvalue weighted by atomic mass is 10.2. The Kier molecular flexibility index (Phi) is 5.03. The summed E-state index contributed by atoms with van der Waals surface area (Å²) in [5.41, 5.74) is 3.16. The maximum Gasteiger partial charge on any atom is 0.257 e. The number of benzene rings is 1. The van der Waals surface area contributed by atoms with Gasteiger partial charge in [0.2, 0.25) is 0 Å². The number of carbonyl (C=O) groups is 1. The van der Waals surface area contributed by atoms with Crippen molar-refractivity contribution in [2.24, 2.45) is 5.84 Å². The first kappa shape index (κ1) is 15.3. The molecule has 0 fully saturated rings. The van der Waals surface area contributed by atoms with Gasteiger partial charge in [0, 0.05) is 9.77 Å². The number of halogens is 3. The minimum absolute atomic E-state index is 0.258. The molecule has 0 aliphatic rings. The molecule has 0 bridgehead atoms. The van der Waals surface area contributed by atoms with E-state index in [1.807, 2.05) is 6.07 Å². The highest BCUT2D eigenvalue weighted by Crippen LogP contribution is 2.25. The van der Waals surface area contributed by atoms with Gasteiger partial charge in [-0.2, -0.15) is 0 Å². The van der Waals surface area contributed by atoms with Gasteiger partial charge in [0.15, 0.2) is 5.82 Å². The fourth-order valence-electron chi connectivity index (χ4n) is 1.45. The standard InChI is InChI=1S/C12H9Cl2IN4O/c13-8-4-7(15)1-2-10(8)18-12(20)6-3-9(14)11(19-16)17-5-6/h1-5H,16H2,(H,17,19)(H,18,20). The summed E-state index contributed by atoms with van der Waals surface area (Å²) in [4.78, 5) is 16.0. The predicted octanol–water partition coefficient (Wildman–Crippen LogP) is 3.53. The second-order valence-corrected chi connectivity index (χ2v) is 5.84. The molecule has 2 aromatic rings. The minimum atomic E-state index is -0.355. The number of pyridine rings is 1. The summed E-state index contributed by atoms with van der Waals surface area (Å²) in [6, 6.07) is 6.80. The predicted molar refractivity (Wildman–Crippen MR) is 89.2 cm³/mol. The largest absolute Gasteiger partial charge is 0.321 e. The number of nitrogens with zero attached hydrogens (tertiary/aromatic N) is 1. The number of hydrogen-bond acceptors (Lipinski definition) is 4. The highest BCUT2D eigenvalue weighted by Gasteiger charge is 2.11. The molecule has 0 spiro atoms. The van der Waals surface area contributed by atoms with Crippen molar-refractivity contribution in [2.75, 3.05) is 10.7 Å². The number of carbonyl (C=O) groups excluding carboxylic acids is 1. The summed E-state index contributed by atoms with van der Waals surface area (Å²) < 4.78 is 0.980. The quantitative estimate of drug-likeness (QED) is 0.401. The van der Waals surface area contributed by atoms with Gasteiger partial charge in [-0.05, 0) is 46.9 Å². The molecule has 0 radical (unpaired) electrons. The number of anilines is 2. The molecule has 1 heterocycles. The van der Waals surface area contributed by atoms with E-state index in [-0.39, 0.29) is 10.9 Å². The van der Waals surface area contributed by atoms with Crippen molar-refractivity contribution in [3.63, 3.8) is 0 Å². The molecule has 4 N–H and O–H groups in total. The molecule has 1 amide bonds. The van der Waals surface area contributed by atoms with E-state index in [0.717, 1.165) is 3.57 Å². The Hall–Kier alpha value is -1.09. The molecule has 104 valence electrons. The zero-order valence-corrected chi connectivity index (χ0v) is 13.6. The molecule has 1 aromatic carbocycles. The highest BCUT2D eigenvalue weighted by molar-refractivity contribution is 14.1. The Bertz CT molecular complexity index is 666. The van der Waals surface area contributed by atoms with Gasteiger partial charge in [0.05, 0.1) is 21.3 Å². The Labute approximate surface area is 139 Å². The third kappa shape index (κ3) is 3.51. The number of amides is 1. The van der Waals surface area contributed by atoms with Crippen molar-refractivity contribution < 1.29 is 4.79 Å². The van der Waals surface area contributed by atoms with Crippen LogP contribution in [0.15, 0.2) is 30.5 Å². The van der Waals surface area contributed by atoms with E-state index in [0.29, 0.717) is 22.1 Å². The lowest BCUT2D eigenvalue weighted by Crippen LogP contribution is -2.14. The lowest BCUT2D eigenvalue weighted by Gasteiger charge is -2.08. The smallest absolute Gasteiger partial charge is 0.257 e. The van der Waals surface area contributed by atoms with Crippen molar-refractivity contribution in [3.05, 3.63) is 49.6 Å². The van der Waals surface area contributed by atoms with Crippen LogP contribution in [-0.2, 0) is 0 Å². The summed E-state index contributed by atoms with van der Waals surface area (Å²) >= 11 is 14.1. The fourth-order valence-corrected chi connectivity index (χ4v) is 2.58. The van der Waals surface area contributed by atoms with Crippen LogP contribution in [0.3, 0.4) is 0 Å². The molecule has 0 aliphatic carbocycles. The summed E-state index contributed by atoms with van der Waals surface area (Å²) in [5, 5.41) is 3.41. The van der Waals surface area contributed by atoms with Gasteiger partial charge < -0.3 is 10.7 Å². The van der Waals surface area contributed by atoms with Crippen LogP contribution in [0, 0.1) is 3.57 Å². The Morgan fingerprint density at radius 1 is 1.25 bits per heavy atom. The molecule has 0 saturated heterocycles. The van der Waals surface area contributed by atoms with E-state index < -0.39 is 0 Å². The van der Waals surface area contributed by atoms with Crippen molar-refractivity contribution >= 4 is 63.2 Å². The number of aromatic nitrogens is 1. The first-order chi connectivity index (χ1) is 9.51. The summed E-state index contributed by atoms with van der Waals surface area (Å²) in [5.74, 6) is 5.16.